The van der Waals surface area contributed by atoms with Crippen LogP contribution in [-0.2, 0) is 4.79 Å². The molecule has 0 spiro atoms. The van der Waals surface area contributed by atoms with E-state index in [-0.39, 0.29) is 11.4 Å². The molecular formula is C11H8N2O4. The molecule has 0 radical (unpaired) electrons. The number of nitro benzene ring substituents is 1. The Morgan fingerprint density at radius 3 is 2.94 bits per heavy atom. The van der Waals surface area contributed by atoms with Crippen LogP contribution in [0.15, 0.2) is 37.1 Å². The first-order valence-corrected chi connectivity index (χ1v) is 4.71. The molecule has 1 heterocycles. The topological polar surface area (TPSA) is 85.2 Å². The van der Waals surface area contributed by atoms with E-state index >= 15 is 0 Å². The highest BCUT2D eigenvalue weighted by Crippen LogP contribution is 2.28. The summed E-state index contributed by atoms with van der Waals surface area (Å²) in [5.41, 5.74) is 0.593. The van der Waals surface area contributed by atoms with Crippen molar-refractivity contribution in [1.29, 1.82) is 0 Å². The molecule has 0 atom stereocenters. The van der Waals surface area contributed by atoms with Crippen molar-refractivity contribution >= 4 is 22.6 Å². The van der Waals surface area contributed by atoms with Crippen molar-refractivity contribution in [1.82, 2.24) is 4.98 Å². The number of hydrogen-bond donors (Lipinski definition) is 1. The van der Waals surface area contributed by atoms with E-state index in [1.54, 1.807) is 6.07 Å². The molecule has 17 heavy (non-hydrogen) atoms. The third-order valence-electron chi connectivity index (χ3n) is 2.22. The number of H-pyrrole nitrogens is 1. The Morgan fingerprint density at radius 2 is 2.29 bits per heavy atom. The number of aromatic amines is 1. The van der Waals surface area contributed by atoms with Gasteiger partial charge < -0.3 is 9.72 Å². The number of esters is 1. The molecule has 0 amide bonds. The van der Waals surface area contributed by atoms with E-state index in [0.717, 1.165) is 6.08 Å². The first-order valence-electron chi connectivity index (χ1n) is 4.71. The molecule has 2 rings (SSSR count). The van der Waals surface area contributed by atoms with Gasteiger partial charge in [0.25, 0.3) is 5.69 Å². The Bertz CT molecular complexity index is 615. The Labute approximate surface area is 95.7 Å². The maximum atomic E-state index is 11.1. The molecule has 6 heteroatoms. The summed E-state index contributed by atoms with van der Waals surface area (Å²) in [4.78, 5) is 24.0. The quantitative estimate of drug-likeness (QED) is 0.380. The number of nitro groups is 1. The number of non-ortho nitro benzene ring substituents is 1. The van der Waals surface area contributed by atoms with Gasteiger partial charge in [0, 0.05) is 35.3 Å². The number of nitrogens with one attached hydrogen (secondary N) is 1. The van der Waals surface area contributed by atoms with Crippen molar-refractivity contribution in [3.05, 3.63) is 47.2 Å². The molecule has 1 aromatic carbocycles. The van der Waals surface area contributed by atoms with Crippen LogP contribution in [0.4, 0.5) is 5.69 Å². The standard InChI is InChI=1S/C11H8N2O4/c1-2-11(14)17-10-6-12-9-4-3-7(13(15)16)5-8(9)10/h2-6,12H,1H2. The van der Waals surface area contributed by atoms with Gasteiger partial charge in [0.2, 0.25) is 0 Å². The lowest BCUT2D eigenvalue weighted by molar-refractivity contribution is -0.384. The highest BCUT2D eigenvalue weighted by Gasteiger charge is 2.12. The smallest absolute Gasteiger partial charge is 0.335 e. The van der Waals surface area contributed by atoms with Crippen LogP contribution in [0.5, 0.6) is 5.75 Å². The molecule has 2 aromatic rings. The van der Waals surface area contributed by atoms with Crippen LogP contribution in [-0.4, -0.2) is 15.9 Å². The van der Waals surface area contributed by atoms with Crippen LogP contribution < -0.4 is 4.74 Å². The average molecular weight is 232 g/mol. The van der Waals surface area contributed by atoms with E-state index in [0.29, 0.717) is 10.9 Å². The highest BCUT2D eigenvalue weighted by atomic mass is 16.6. The SMILES string of the molecule is C=CC(=O)Oc1c[nH]c2ccc([N+](=O)[O-])cc12. The molecule has 0 saturated heterocycles. The Kier molecular flexibility index (Phi) is 2.61. The summed E-state index contributed by atoms with van der Waals surface area (Å²) in [7, 11) is 0. The van der Waals surface area contributed by atoms with Crippen LogP contribution >= 0.6 is 0 Å². The third-order valence-corrected chi connectivity index (χ3v) is 2.22. The number of carbonyl (C=O) groups is 1. The minimum Gasteiger partial charge on any atom is -0.421 e. The third kappa shape index (κ3) is 2.00. The van der Waals surface area contributed by atoms with Gasteiger partial charge in [-0.15, -0.1) is 0 Å². The van der Waals surface area contributed by atoms with Gasteiger partial charge in [0.05, 0.1) is 4.92 Å². The maximum absolute atomic E-state index is 11.1. The summed E-state index contributed by atoms with van der Waals surface area (Å²) in [6.07, 6.45) is 2.49. The lowest BCUT2D eigenvalue weighted by Crippen LogP contribution is -2.02. The molecule has 0 unspecified atom stereocenters. The van der Waals surface area contributed by atoms with Gasteiger partial charge in [-0.1, -0.05) is 6.58 Å². The predicted octanol–water partition coefficient (Wildman–Crippen LogP) is 2.17. The molecule has 1 N–H and O–H groups in total. The van der Waals surface area contributed by atoms with E-state index in [1.165, 1.54) is 18.3 Å². The van der Waals surface area contributed by atoms with E-state index in [4.69, 9.17) is 4.74 Å². The Balaban J connectivity index is 2.50. The monoisotopic (exact) mass is 232 g/mol. The largest absolute Gasteiger partial charge is 0.421 e. The predicted molar refractivity (Wildman–Crippen MR) is 60.8 cm³/mol. The first-order chi connectivity index (χ1) is 8.11. The fourth-order valence-corrected chi connectivity index (χ4v) is 1.43. The van der Waals surface area contributed by atoms with E-state index in [9.17, 15) is 14.9 Å². The van der Waals surface area contributed by atoms with Gasteiger partial charge in [-0.05, 0) is 6.07 Å². The molecule has 1 aromatic heterocycles. The number of hydrogen-bond acceptors (Lipinski definition) is 4. The minimum atomic E-state index is -0.614. The van der Waals surface area contributed by atoms with Gasteiger partial charge in [-0.3, -0.25) is 10.1 Å². The Morgan fingerprint density at radius 1 is 1.53 bits per heavy atom. The van der Waals surface area contributed by atoms with Crippen molar-refractivity contribution < 1.29 is 14.5 Å². The highest BCUT2D eigenvalue weighted by molar-refractivity contribution is 5.92. The summed E-state index contributed by atoms with van der Waals surface area (Å²) in [6, 6.07) is 4.27. The molecule has 0 aliphatic heterocycles. The van der Waals surface area contributed by atoms with Crippen LogP contribution in [0.2, 0.25) is 0 Å². The summed E-state index contributed by atoms with van der Waals surface area (Å²) in [5, 5.41) is 11.1. The number of nitrogens with zero attached hydrogens (tertiary/aromatic N) is 1. The zero-order valence-corrected chi connectivity index (χ0v) is 8.67. The summed E-state index contributed by atoms with van der Waals surface area (Å²) >= 11 is 0. The number of fused-ring (bicyclic) bond motifs is 1. The normalized spacial score (nSPS) is 10.1. The van der Waals surface area contributed by atoms with Crippen LogP contribution in [0.25, 0.3) is 10.9 Å². The molecule has 0 fully saturated rings. The zero-order valence-electron chi connectivity index (χ0n) is 8.67. The van der Waals surface area contributed by atoms with Gasteiger partial charge >= 0.3 is 5.97 Å². The number of ether oxygens (including phenoxy) is 1. The van der Waals surface area contributed by atoms with Crippen LogP contribution in [0, 0.1) is 10.1 Å². The van der Waals surface area contributed by atoms with E-state index in [1.807, 2.05) is 0 Å². The molecule has 0 saturated carbocycles. The van der Waals surface area contributed by atoms with Gasteiger partial charge in [-0.25, -0.2) is 4.79 Å². The maximum Gasteiger partial charge on any atom is 0.335 e. The second-order valence-corrected chi connectivity index (χ2v) is 3.27. The van der Waals surface area contributed by atoms with Crippen molar-refractivity contribution in [3.63, 3.8) is 0 Å². The molecule has 0 aliphatic carbocycles. The van der Waals surface area contributed by atoms with Crippen LogP contribution in [0.3, 0.4) is 0 Å². The van der Waals surface area contributed by atoms with Crippen molar-refractivity contribution in [3.8, 4) is 5.75 Å². The molecule has 0 bridgehead atoms. The zero-order chi connectivity index (χ0) is 12.4. The molecule has 86 valence electrons. The number of benzene rings is 1. The second kappa shape index (κ2) is 4.09. The lowest BCUT2D eigenvalue weighted by atomic mass is 10.2. The fraction of sp³-hybridized carbons (Fsp3) is 0. The molecule has 0 aliphatic rings. The fourth-order valence-electron chi connectivity index (χ4n) is 1.43. The summed E-state index contributed by atoms with van der Waals surface area (Å²) in [6.45, 7) is 3.27. The minimum absolute atomic E-state index is 0.0620. The van der Waals surface area contributed by atoms with E-state index in [2.05, 4.69) is 11.6 Å². The molecular weight excluding hydrogens is 224 g/mol. The average Bonchev–Trinajstić information content (AvgIpc) is 2.71. The van der Waals surface area contributed by atoms with Gasteiger partial charge in [0.1, 0.15) is 0 Å². The van der Waals surface area contributed by atoms with Crippen molar-refractivity contribution in [2.75, 3.05) is 0 Å². The number of carbonyl (C=O) groups excluding carboxylic acids is 1. The van der Waals surface area contributed by atoms with Crippen molar-refractivity contribution in [2.45, 2.75) is 0 Å². The second-order valence-electron chi connectivity index (χ2n) is 3.27. The first kappa shape index (κ1) is 10.9. The van der Waals surface area contributed by atoms with E-state index < -0.39 is 10.9 Å². The van der Waals surface area contributed by atoms with Crippen LogP contribution in [0.1, 0.15) is 0 Å². The summed E-state index contributed by atoms with van der Waals surface area (Å²) < 4.78 is 4.94. The van der Waals surface area contributed by atoms with Gasteiger partial charge in [-0.2, -0.15) is 0 Å². The summed E-state index contributed by atoms with van der Waals surface area (Å²) in [5.74, 6) is -0.369. The van der Waals surface area contributed by atoms with Gasteiger partial charge in [0.15, 0.2) is 5.75 Å². The Hall–Kier alpha value is -2.63. The van der Waals surface area contributed by atoms with Crippen molar-refractivity contribution in [2.24, 2.45) is 0 Å². The number of aromatic nitrogens is 1. The molecule has 6 nitrogen and oxygen atoms in total. The number of rotatable bonds is 3. The lowest BCUT2D eigenvalue weighted by Gasteiger charge is -1.98.